The monoisotopic (exact) mass is 617 g/mol. The number of nitrogens with one attached hydrogen (secondary N) is 1. The van der Waals surface area contributed by atoms with Crippen molar-refractivity contribution in [3.05, 3.63) is 99.3 Å². The number of likely N-dealkylation sites (N-methyl/N-ethyl adjacent to an activating group) is 1. The number of halogens is 3. The molecule has 0 aliphatic carbocycles. The number of sulfonamides is 1. The summed E-state index contributed by atoms with van der Waals surface area (Å²) >= 11 is 12.5. The first-order chi connectivity index (χ1) is 19.6. The zero-order valence-electron chi connectivity index (χ0n) is 23.0. The first kappa shape index (κ1) is 29.8. The van der Waals surface area contributed by atoms with E-state index in [0.717, 1.165) is 42.7 Å². The van der Waals surface area contributed by atoms with E-state index >= 15 is 0 Å². The van der Waals surface area contributed by atoms with Crippen LogP contribution in [0.15, 0.2) is 66.7 Å². The molecule has 0 bridgehead atoms. The van der Waals surface area contributed by atoms with Gasteiger partial charge in [-0.2, -0.15) is 0 Å². The Hall–Kier alpha value is -2.65. The fraction of sp³-hybridized carbons (Fsp3) is 0.387. The smallest absolute Gasteiger partial charge is 0.253 e. The molecule has 2 aliphatic rings. The molecule has 0 unspecified atom stereocenters. The summed E-state index contributed by atoms with van der Waals surface area (Å²) in [5.41, 5.74) is 3.01. The van der Waals surface area contributed by atoms with E-state index in [0.29, 0.717) is 41.5 Å². The lowest BCUT2D eigenvalue weighted by Gasteiger charge is -2.34. The van der Waals surface area contributed by atoms with Crippen LogP contribution in [-0.4, -0.2) is 58.2 Å². The van der Waals surface area contributed by atoms with E-state index in [1.54, 1.807) is 28.4 Å². The van der Waals surface area contributed by atoms with Crippen molar-refractivity contribution in [2.45, 2.75) is 37.0 Å². The number of carbonyl (C=O) groups excluding carboxylic acids is 1. The number of para-hydroxylation sites is 1. The van der Waals surface area contributed by atoms with Crippen molar-refractivity contribution in [2.24, 2.45) is 0 Å². The molecule has 5 rings (SSSR count). The van der Waals surface area contributed by atoms with Crippen LogP contribution in [0.5, 0.6) is 0 Å². The van der Waals surface area contributed by atoms with Gasteiger partial charge >= 0.3 is 0 Å². The summed E-state index contributed by atoms with van der Waals surface area (Å²) in [5.74, 6) is -0.853. The van der Waals surface area contributed by atoms with Crippen LogP contribution in [-0.2, 0) is 15.4 Å². The number of hydrogen-bond donors (Lipinski definition) is 1. The van der Waals surface area contributed by atoms with Gasteiger partial charge in [0.2, 0.25) is 10.0 Å². The van der Waals surface area contributed by atoms with E-state index in [1.165, 1.54) is 24.3 Å². The Morgan fingerprint density at radius 2 is 1.76 bits per heavy atom. The van der Waals surface area contributed by atoms with E-state index in [2.05, 4.69) is 11.4 Å². The number of amides is 1. The van der Waals surface area contributed by atoms with E-state index in [-0.39, 0.29) is 23.0 Å². The van der Waals surface area contributed by atoms with Crippen LogP contribution in [0.1, 0.15) is 53.1 Å². The second kappa shape index (κ2) is 12.3. The van der Waals surface area contributed by atoms with Crippen molar-refractivity contribution < 1.29 is 17.6 Å². The minimum Gasteiger partial charge on any atom is -0.341 e. The molecule has 0 radical (unpaired) electrons. The summed E-state index contributed by atoms with van der Waals surface area (Å²) in [6, 6.07) is 18.7. The molecule has 6 nitrogen and oxygen atoms in total. The second-order valence-corrected chi connectivity index (χ2v) is 13.9. The molecule has 1 saturated heterocycles. The molecule has 1 N–H and O–H groups in total. The molecule has 1 spiro atoms. The third-order valence-corrected chi connectivity index (χ3v) is 10.9. The topological polar surface area (TPSA) is 69.7 Å². The first-order valence-electron chi connectivity index (χ1n) is 13.9. The van der Waals surface area contributed by atoms with Gasteiger partial charge in [0, 0.05) is 37.0 Å². The Kier molecular flexibility index (Phi) is 8.95. The fourth-order valence-electron chi connectivity index (χ4n) is 6.14. The van der Waals surface area contributed by atoms with Crippen molar-refractivity contribution in [3.8, 4) is 0 Å². The van der Waals surface area contributed by atoms with Gasteiger partial charge in [0.25, 0.3) is 5.91 Å². The number of anilines is 1. The van der Waals surface area contributed by atoms with Crippen molar-refractivity contribution in [1.82, 2.24) is 10.2 Å². The normalized spacial score (nSPS) is 16.9. The van der Waals surface area contributed by atoms with Crippen LogP contribution in [0.25, 0.3) is 0 Å². The van der Waals surface area contributed by atoms with Gasteiger partial charge in [-0.1, -0.05) is 47.5 Å². The zero-order chi connectivity index (χ0) is 29.2. The maximum atomic E-state index is 13.8. The predicted molar refractivity (Wildman–Crippen MR) is 163 cm³/mol. The Balaban J connectivity index is 1.32. The Morgan fingerprint density at radius 1 is 1.05 bits per heavy atom. The number of carbonyl (C=O) groups is 1. The van der Waals surface area contributed by atoms with Gasteiger partial charge in [-0.25, -0.2) is 12.8 Å². The molecule has 3 aromatic carbocycles. The van der Waals surface area contributed by atoms with Crippen molar-refractivity contribution in [1.29, 1.82) is 0 Å². The van der Waals surface area contributed by atoms with Crippen LogP contribution >= 0.6 is 23.2 Å². The summed E-state index contributed by atoms with van der Waals surface area (Å²) in [5, 5.41) is 4.22. The highest BCUT2D eigenvalue weighted by Gasteiger charge is 2.46. The number of fused-ring (bicyclic) bond motifs is 2. The maximum Gasteiger partial charge on any atom is 0.253 e. The van der Waals surface area contributed by atoms with E-state index < -0.39 is 15.8 Å². The molecule has 10 heteroatoms. The number of rotatable bonds is 9. The van der Waals surface area contributed by atoms with Crippen molar-refractivity contribution in [2.75, 3.05) is 43.3 Å². The fourth-order valence-corrected chi connectivity index (χ4v) is 8.11. The summed E-state index contributed by atoms with van der Waals surface area (Å²) in [6.45, 7) is 2.55. The standard InChI is InChI=1S/C31H34Cl2FN3O3S/c1-36(30(38)22-8-11-25(34)12-9-22)20-24(23-10-13-27(32)28(33)19-23)5-4-18-41(39,40)37-21-31(14-16-35-17-15-31)26-6-2-3-7-29(26)37/h2-3,6-13,19,24,35H,4-5,14-18,20-21H2,1H3/t24-/m1/s1. The lowest BCUT2D eigenvalue weighted by molar-refractivity contribution is 0.0784. The highest BCUT2D eigenvalue weighted by Crippen LogP contribution is 2.47. The van der Waals surface area contributed by atoms with Crippen LogP contribution in [0.2, 0.25) is 10.0 Å². The average molecular weight is 619 g/mol. The molecular weight excluding hydrogens is 584 g/mol. The summed E-state index contributed by atoms with van der Waals surface area (Å²) < 4.78 is 42.5. The van der Waals surface area contributed by atoms with Gasteiger partial charge in [0.15, 0.2) is 0 Å². The van der Waals surface area contributed by atoms with E-state index in [4.69, 9.17) is 23.2 Å². The van der Waals surface area contributed by atoms with E-state index in [1.807, 2.05) is 24.3 Å². The highest BCUT2D eigenvalue weighted by atomic mass is 35.5. The highest BCUT2D eigenvalue weighted by molar-refractivity contribution is 7.92. The second-order valence-electron chi connectivity index (χ2n) is 11.1. The molecule has 1 amide bonds. The molecule has 3 aromatic rings. The summed E-state index contributed by atoms with van der Waals surface area (Å²) in [4.78, 5) is 14.6. The SMILES string of the molecule is CN(C[C@@H](CCCS(=O)(=O)N1CC2(CCNCC2)c2ccccc21)c1ccc(Cl)c(Cl)c1)C(=O)c1ccc(F)cc1. The van der Waals surface area contributed by atoms with Gasteiger partial charge in [0.05, 0.1) is 21.5 Å². The maximum absolute atomic E-state index is 13.8. The van der Waals surface area contributed by atoms with E-state index in [9.17, 15) is 17.6 Å². The van der Waals surface area contributed by atoms with Crippen LogP contribution in [0.3, 0.4) is 0 Å². The molecule has 1 fully saturated rings. The van der Waals surface area contributed by atoms with Gasteiger partial charge in [-0.3, -0.25) is 9.10 Å². The van der Waals surface area contributed by atoms with Gasteiger partial charge in [-0.15, -0.1) is 0 Å². The lowest BCUT2D eigenvalue weighted by atomic mass is 9.75. The van der Waals surface area contributed by atoms with Crippen molar-refractivity contribution in [3.63, 3.8) is 0 Å². The number of benzene rings is 3. The number of piperidine rings is 1. The number of nitrogens with zero attached hydrogens (tertiary/aromatic N) is 2. The molecular formula is C31H34Cl2FN3O3S. The van der Waals surface area contributed by atoms with Crippen LogP contribution in [0.4, 0.5) is 10.1 Å². The number of hydrogen-bond acceptors (Lipinski definition) is 4. The Bertz CT molecular complexity index is 1510. The lowest BCUT2D eigenvalue weighted by Crippen LogP contribution is -2.44. The van der Waals surface area contributed by atoms with Crippen LogP contribution in [0, 0.1) is 5.82 Å². The predicted octanol–water partition coefficient (Wildman–Crippen LogP) is 6.24. The van der Waals surface area contributed by atoms with Gasteiger partial charge in [-0.05, 0) is 92.4 Å². The minimum absolute atomic E-state index is 0.0108. The Labute approximate surface area is 251 Å². The summed E-state index contributed by atoms with van der Waals surface area (Å²) in [7, 11) is -1.90. The summed E-state index contributed by atoms with van der Waals surface area (Å²) in [6.07, 6.45) is 2.73. The van der Waals surface area contributed by atoms with Gasteiger partial charge in [0.1, 0.15) is 5.82 Å². The first-order valence-corrected chi connectivity index (χ1v) is 16.2. The van der Waals surface area contributed by atoms with Crippen LogP contribution < -0.4 is 9.62 Å². The Morgan fingerprint density at radius 3 is 2.46 bits per heavy atom. The quantitative estimate of drug-likeness (QED) is 0.309. The van der Waals surface area contributed by atoms with Crippen molar-refractivity contribution >= 4 is 44.8 Å². The largest absolute Gasteiger partial charge is 0.341 e. The zero-order valence-corrected chi connectivity index (χ0v) is 25.3. The third-order valence-electron chi connectivity index (χ3n) is 8.39. The van der Waals surface area contributed by atoms with Gasteiger partial charge < -0.3 is 10.2 Å². The molecule has 0 aromatic heterocycles. The molecule has 0 saturated carbocycles. The third kappa shape index (κ3) is 6.41. The molecule has 2 heterocycles. The molecule has 1 atom stereocenters. The molecule has 41 heavy (non-hydrogen) atoms. The minimum atomic E-state index is -3.58. The molecule has 2 aliphatic heterocycles. The molecule has 218 valence electrons. The average Bonchev–Trinajstić information content (AvgIpc) is 3.28.